The monoisotopic (exact) mass is 714 g/mol. The molecule has 55 heavy (non-hydrogen) atoms. The highest BCUT2D eigenvalue weighted by Gasteiger charge is 2.66. The van der Waals surface area contributed by atoms with Crippen molar-refractivity contribution >= 4 is 38.9 Å². The Labute approximate surface area is 325 Å². The Morgan fingerprint density at radius 2 is 1.20 bits per heavy atom. The quantitative estimate of drug-likeness (QED) is 0.176. The van der Waals surface area contributed by atoms with Gasteiger partial charge in [0.15, 0.2) is 0 Å². The summed E-state index contributed by atoms with van der Waals surface area (Å²) in [5.41, 5.74) is 17.1. The van der Waals surface area contributed by atoms with E-state index in [1.54, 1.807) is 11.1 Å². The predicted octanol–water partition coefficient (Wildman–Crippen LogP) is 13.9. The third kappa shape index (κ3) is 4.21. The molecule has 6 aromatic carbocycles. The molecule has 0 N–H and O–H groups in total. The van der Waals surface area contributed by atoms with Gasteiger partial charge in [-0.15, -0.1) is 0 Å². The first-order valence-electron chi connectivity index (χ1n) is 21.0. The summed E-state index contributed by atoms with van der Waals surface area (Å²) in [6, 6.07) is 51.5. The molecule has 1 heterocycles. The molecule has 1 spiro atoms. The Hall–Kier alpha value is -5.08. The van der Waals surface area contributed by atoms with Gasteiger partial charge in [-0.05, 0) is 155 Å². The number of aromatic nitrogens is 1. The van der Waals surface area contributed by atoms with Gasteiger partial charge in [-0.3, -0.25) is 0 Å². The fourth-order valence-electron chi connectivity index (χ4n) is 13.3. The first-order valence-corrected chi connectivity index (χ1v) is 21.0. The minimum absolute atomic E-state index is 0.115. The number of fused-ring (bicyclic) bond motifs is 7. The van der Waals surface area contributed by atoms with E-state index < -0.39 is 0 Å². The number of hydrogen-bond acceptors (Lipinski definition) is 1. The maximum Gasteiger partial charge on any atom is 0.0543 e. The molecule has 1 aromatic heterocycles. The standard InChI is InChI=1S/C53H50N2/c1-51(2)26-27-52(3,4)46-32-38(24-25-43(46)51)54(36-20-22-37(23-21-36)55-47-17-9-6-12-39(47)40-13-7-10-18-48(40)55)49-19-11-16-44-50(49)41-14-5-8-15-42(41)53(44)35-29-33-28-34(31-35)45(53)30-33/h5-25,32-35,45H,26-31H2,1-4H3. The van der Waals surface area contributed by atoms with Gasteiger partial charge in [0.05, 0.1) is 16.7 Å². The summed E-state index contributed by atoms with van der Waals surface area (Å²) in [5.74, 6) is 3.33. The topological polar surface area (TPSA) is 8.17 Å². The molecule has 0 aliphatic heterocycles. The van der Waals surface area contributed by atoms with Crippen LogP contribution in [0.15, 0.2) is 133 Å². The molecule has 2 heteroatoms. The van der Waals surface area contributed by atoms with Crippen molar-refractivity contribution in [1.82, 2.24) is 4.57 Å². The van der Waals surface area contributed by atoms with Crippen LogP contribution in [0.4, 0.5) is 17.1 Å². The largest absolute Gasteiger partial charge is 0.310 e. The first-order chi connectivity index (χ1) is 26.7. The van der Waals surface area contributed by atoms with Gasteiger partial charge in [-0.25, -0.2) is 0 Å². The average Bonchev–Trinajstić information content (AvgIpc) is 3.87. The highest BCUT2D eigenvalue weighted by atomic mass is 15.1. The lowest BCUT2D eigenvalue weighted by Crippen LogP contribution is -2.40. The number of nitrogens with zero attached hydrogens (tertiary/aromatic N) is 2. The lowest BCUT2D eigenvalue weighted by molar-refractivity contribution is 0.191. The van der Waals surface area contributed by atoms with Crippen LogP contribution in [0.2, 0.25) is 0 Å². The number of para-hydroxylation sites is 2. The molecule has 0 amide bonds. The van der Waals surface area contributed by atoms with Crippen molar-refractivity contribution in [3.8, 4) is 16.8 Å². The van der Waals surface area contributed by atoms with E-state index in [9.17, 15) is 0 Å². The molecule has 2 nitrogen and oxygen atoms in total. The normalized spacial score (nSPS) is 26.1. The Morgan fingerprint density at radius 3 is 1.95 bits per heavy atom. The third-order valence-corrected chi connectivity index (χ3v) is 15.6. The lowest BCUT2D eigenvalue weighted by atomic mass is 9.59. The van der Waals surface area contributed by atoms with E-state index in [-0.39, 0.29) is 16.2 Å². The zero-order valence-electron chi connectivity index (χ0n) is 32.6. The zero-order chi connectivity index (χ0) is 36.8. The van der Waals surface area contributed by atoms with Crippen molar-refractivity contribution in [3.63, 3.8) is 0 Å². The highest BCUT2D eigenvalue weighted by Crippen LogP contribution is 2.73. The predicted molar refractivity (Wildman–Crippen MR) is 229 cm³/mol. The van der Waals surface area contributed by atoms with Crippen LogP contribution in [0.5, 0.6) is 0 Å². The third-order valence-electron chi connectivity index (χ3n) is 15.6. The van der Waals surface area contributed by atoms with E-state index in [0.717, 1.165) is 23.7 Å². The summed E-state index contributed by atoms with van der Waals surface area (Å²) < 4.78 is 2.44. The minimum Gasteiger partial charge on any atom is -0.310 e. The van der Waals surface area contributed by atoms with E-state index in [1.807, 2.05) is 0 Å². The molecule has 6 aliphatic carbocycles. The molecule has 4 bridgehead atoms. The Bertz CT molecular complexity index is 2650. The van der Waals surface area contributed by atoms with Crippen LogP contribution in [0.1, 0.15) is 88.5 Å². The van der Waals surface area contributed by atoms with Gasteiger partial charge in [0.2, 0.25) is 0 Å². The molecule has 4 fully saturated rings. The number of rotatable bonds is 4. The Morgan fingerprint density at radius 1 is 0.545 bits per heavy atom. The molecule has 13 rings (SSSR count). The maximum atomic E-state index is 2.62. The van der Waals surface area contributed by atoms with E-state index in [4.69, 9.17) is 0 Å². The summed E-state index contributed by atoms with van der Waals surface area (Å²) in [6.45, 7) is 9.80. The van der Waals surface area contributed by atoms with Crippen molar-refractivity contribution in [2.45, 2.75) is 82.5 Å². The second kappa shape index (κ2) is 11.0. The fourth-order valence-corrected chi connectivity index (χ4v) is 13.3. The van der Waals surface area contributed by atoms with Gasteiger partial charge in [0, 0.05) is 38.8 Å². The van der Waals surface area contributed by atoms with Gasteiger partial charge in [0.25, 0.3) is 0 Å². The number of anilines is 3. The van der Waals surface area contributed by atoms with Crippen LogP contribution in [0.25, 0.3) is 38.6 Å². The molecule has 0 radical (unpaired) electrons. The van der Waals surface area contributed by atoms with Gasteiger partial charge in [0.1, 0.15) is 0 Å². The van der Waals surface area contributed by atoms with Crippen LogP contribution in [-0.2, 0) is 16.2 Å². The van der Waals surface area contributed by atoms with Crippen molar-refractivity contribution in [2.75, 3.05) is 4.90 Å². The summed E-state index contributed by atoms with van der Waals surface area (Å²) in [7, 11) is 0. The molecule has 0 saturated heterocycles. The van der Waals surface area contributed by atoms with E-state index >= 15 is 0 Å². The minimum atomic E-state index is 0.115. The lowest BCUT2D eigenvalue weighted by Gasteiger charge is -2.44. The zero-order valence-corrected chi connectivity index (χ0v) is 32.6. The first kappa shape index (κ1) is 32.2. The van der Waals surface area contributed by atoms with Crippen LogP contribution in [0.3, 0.4) is 0 Å². The molecular formula is C53H50N2. The SMILES string of the molecule is CC1(C)CCC(C)(C)c2cc(N(c3ccc(-n4c5ccccc5c5ccccc54)cc3)c3cccc4c3-c3ccccc3C43C4CC5CC(C4)C3C5)ccc21. The summed E-state index contributed by atoms with van der Waals surface area (Å²) in [6.07, 6.45) is 8.08. The average molecular weight is 715 g/mol. The fraction of sp³-hybridized carbons (Fsp3) is 0.321. The Balaban J connectivity index is 1.09. The number of hydrogen-bond donors (Lipinski definition) is 0. The van der Waals surface area contributed by atoms with E-state index in [0.29, 0.717) is 0 Å². The second-order valence-electron chi connectivity index (χ2n) is 19.2. The van der Waals surface area contributed by atoms with Crippen molar-refractivity contribution < 1.29 is 0 Å². The molecule has 5 atom stereocenters. The molecule has 4 saturated carbocycles. The second-order valence-corrected chi connectivity index (χ2v) is 19.2. The molecule has 6 aliphatic rings. The van der Waals surface area contributed by atoms with Gasteiger partial charge in [-0.1, -0.05) is 107 Å². The molecular weight excluding hydrogens is 665 g/mol. The van der Waals surface area contributed by atoms with Gasteiger partial charge < -0.3 is 9.47 Å². The van der Waals surface area contributed by atoms with Crippen molar-refractivity contribution in [2.24, 2.45) is 23.7 Å². The molecule has 7 aromatic rings. The number of benzene rings is 6. The summed E-state index contributed by atoms with van der Waals surface area (Å²) in [5, 5.41) is 2.59. The van der Waals surface area contributed by atoms with Crippen LogP contribution in [-0.4, -0.2) is 4.57 Å². The van der Waals surface area contributed by atoms with Crippen LogP contribution >= 0.6 is 0 Å². The van der Waals surface area contributed by atoms with Crippen LogP contribution < -0.4 is 4.90 Å². The smallest absolute Gasteiger partial charge is 0.0543 e. The van der Waals surface area contributed by atoms with Crippen molar-refractivity contribution in [1.29, 1.82) is 0 Å². The van der Waals surface area contributed by atoms with E-state index in [2.05, 4.69) is 171 Å². The Kier molecular flexibility index (Phi) is 6.46. The van der Waals surface area contributed by atoms with Gasteiger partial charge >= 0.3 is 0 Å². The van der Waals surface area contributed by atoms with Crippen molar-refractivity contribution in [3.05, 3.63) is 156 Å². The highest BCUT2D eigenvalue weighted by molar-refractivity contribution is 6.09. The summed E-state index contributed by atoms with van der Waals surface area (Å²) in [4.78, 5) is 2.62. The van der Waals surface area contributed by atoms with E-state index in [1.165, 1.54) is 105 Å². The summed E-state index contributed by atoms with van der Waals surface area (Å²) >= 11 is 0. The van der Waals surface area contributed by atoms with Crippen LogP contribution in [0, 0.1) is 23.7 Å². The molecule has 5 unspecified atom stereocenters. The maximum absolute atomic E-state index is 2.62. The molecule has 272 valence electrons. The van der Waals surface area contributed by atoms with Gasteiger partial charge in [-0.2, -0.15) is 0 Å².